The topological polar surface area (TPSA) is 38.7 Å². The van der Waals surface area contributed by atoms with Gasteiger partial charge in [0.25, 0.3) is 8.32 Å². The molecule has 198 valence electrons. The number of aliphatic hydroxyl groups is 1. The molecule has 0 saturated heterocycles. The van der Waals surface area contributed by atoms with Gasteiger partial charge >= 0.3 is 0 Å². The van der Waals surface area contributed by atoms with Crippen molar-refractivity contribution in [3.63, 3.8) is 0 Å². The summed E-state index contributed by atoms with van der Waals surface area (Å²) < 4.78 is 12.9. The van der Waals surface area contributed by atoms with Gasteiger partial charge in [0.1, 0.15) is 0 Å². The van der Waals surface area contributed by atoms with E-state index in [0.717, 1.165) is 11.1 Å². The molecule has 0 aromatic heterocycles. The van der Waals surface area contributed by atoms with Crippen molar-refractivity contribution in [3.05, 3.63) is 109 Å². The average Bonchev–Trinajstić information content (AvgIpc) is 2.89. The zero-order valence-corrected chi connectivity index (χ0v) is 24.2. The summed E-state index contributed by atoms with van der Waals surface area (Å²) >= 11 is 0. The second-order valence-corrected chi connectivity index (χ2v) is 15.6. The largest absolute Gasteiger partial charge is 0.407 e. The minimum Gasteiger partial charge on any atom is -0.407 e. The normalized spacial score (nSPS) is 14.6. The smallest absolute Gasteiger partial charge is 0.261 e. The van der Waals surface area contributed by atoms with Crippen LogP contribution in [0.1, 0.15) is 46.6 Å². The summed E-state index contributed by atoms with van der Waals surface area (Å²) in [5.74, 6) is 0.138. The lowest BCUT2D eigenvalue weighted by molar-refractivity contribution is 0.0723. The maximum absolute atomic E-state index is 11.1. The minimum atomic E-state index is -2.62. The first-order valence-electron chi connectivity index (χ1n) is 13.4. The van der Waals surface area contributed by atoms with Crippen molar-refractivity contribution in [2.75, 3.05) is 13.2 Å². The summed E-state index contributed by atoms with van der Waals surface area (Å²) in [5, 5.41) is 13.5. The summed E-state index contributed by atoms with van der Waals surface area (Å²) in [6.45, 7) is 17.0. The van der Waals surface area contributed by atoms with Gasteiger partial charge in [-0.3, -0.25) is 0 Å². The number of ether oxygens (including phenoxy) is 1. The highest BCUT2D eigenvalue weighted by atomic mass is 28.4. The molecule has 0 fully saturated rings. The molecule has 0 unspecified atom stereocenters. The fourth-order valence-corrected chi connectivity index (χ4v) is 9.51. The van der Waals surface area contributed by atoms with E-state index in [9.17, 15) is 5.11 Å². The first-order chi connectivity index (χ1) is 17.6. The number of hydrogen-bond acceptors (Lipinski definition) is 3. The maximum Gasteiger partial charge on any atom is 0.261 e. The molecule has 0 radical (unpaired) electrons. The third-order valence-corrected chi connectivity index (χ3v) is 12.3. The molecule has 3 aromatic carbocycles. The highest BCUT2D eigenvalue weighted by Crippen LogP contribution is 2.37. The van der Waals surface area contributed by atoms with Gasteiger partial charge in [0.05, 0.1) is 19.3 Å². The van der Waals surface area contributed by atoms with Crippen LogP contribution in [0.2, 0.25) is 5.04 Å². The zero-order chi connectivity index (χ0) is 26.9. The fraction of sp³-hybridized carbons (Fsp3) is 0.394. The maximum atomic E-state index is 11.1. The van der Waals surface area contributed by atoms with Gasteiger partial charge in [0, 0.05) is 18.4 Å². The molecule has 3 nitrogen and oxygen atoms in total. The Kier molecular flexibility index (Phi) is 10.5. The van der Waals surface area contributed by atoms with Crippen LogP contribution in [0.5, 0.6) is 0 Å². The SMILES string of the molecule is C=C(C[C@@H](O)[C@@H](C)CO[Si](c1ccccc1)(c1ccccc1)C(C)(C)C)[C@@H](C)COCc1ccccc1. The Hall–Kier alpha value is -2.50. The Balaban J connectivity index is 1.65. The summed E-state index contributed by atoms with van der Waals surface area (Å²) in [7, 11) is -2.62. The Morgan fingerprint density at radius 1 is 0.811 bits per heavy atom. The Morgan fingerprint density at radius 3 is 1.78 bits per heavy atom. The molecule has 3 rings (SSSR count). The van der Waals surface area contributed by atoms with Gasteiger partial charge in [0.15, 0.2) is 0 Å². The van der Waals surface area contributed by atoms with E-state index in [2.05, 4.69) is 114 Å². The average molecular weight is 517 g/mol. The molecule has 0 spiro atoms. The summed E-state index contributed by atoms with van der Waals surface area (Å²) in [6, 6.07) is 31.5. The molecule has 0 aliphatic carbocycles. The number of benzene rings is 3. The molecule has 37 heavy (non-hydrogen) atoms. The molecule has 0 aliphatic heterocycles. The van der Waals surface area contributed by atoms with E-state index in [1.165, 1.54) is 10.4 Å². The fourth-order valence-electron chi connectivity index (χ4n) is 4.85. The third kappa shape index (κ3) is 7.52. The summed E-state index contributed by atoms with van der Waals surface area (Å²) in [4.78, 5) is 0. The van der Waals surface area contributed by atoms with Crippen molar-refractivity contribution in [1.29, 1.82) is 0 Å². The second kappa shape index (κ2) is 13.3. The van der Waals surface area contributed by atoms with E-state index < -0.39 is 14.4 Å². The van der Waals surface area contributed by atoms with Crippen LogP contribution in [0, 0.1) is 11.8 Å². The number of aliphatic hydroxyl groups excluding tert-OH is 1. The van der Waals surface area contributed by atoms with Gasteiger partial charge in [0.2, 0.25) is 0 Å². The Morgan fingerprint density at radius 2 is 1.30 bits per heavy atom. The van der Waals surface area contributed by atoms with Crippen LogP contribution in [0.25, 0.3) is 0 Å². The van der Waals surface area contributed by atoms with Crippen LogP contribution in [-0.4, -0.2) is 32.7 Å². The Labute approximate surface area is 225 Å². The van der Waals surface area contributed by atoms with E-state index in [1.54, 1.807) is 0 Å². The standard InChI is InChI=1S/C33H44O3Si/c1-26(27(2)23-35-25-29-16-10-7-11-17-29)22-32(34)28(3)24-36-37(33(4,5)6,30-18-12-8-13-19-30)31-20-14-9-15-21-31/h7-21,27-28,32,34H,1,22-25H2,2-6H3/t27-,28-,32+/m0/s1. The van der Waals surface area contributed by atoms with Gasteiger partial charge in [-0.25, -0.2) is 0 Å². The summed E-state index contributed by atoms with van der Waals surface area (Å²) in [5.41, 5.74) is 2.17. The quantitative estimate of drug-likeness (QED) is 0.212. The molecule has 0 amide bonds. The molecule has 3 atom stereocenters. The first kappa shape index (κ1) is 29.1. The first-order valence-corrected chi connectivity index (χ1v) is 15.3. The van der Waals surface area contributed by atoms with Gasteiger partial charge < -0.3 is 14.3 Å². The molecule has 4 heteroatoms. The molecule has 0 aliphatic rings. The minimum absolute atomic E-state index is 0.0316. The monoisotopic (exact) mass is 516 g/mol. The van der Waals surface area contributed by atoms with Crippen LogP contribution in [0.15, 0.2) is 103 Å². The van der Waals surface area contributed by atoms with Crippen LogP contribution in [0.4, 0.5) is 0 Å². The lowest BCUT2D eigenvalue weighted by Crippen LogP contribution is -2.67. The summed E-state index contributed by atoms with van der Waals surface area (Å²) in [6.07, 6.45) is 0.0171. The van der Waals surface area contributed by atoms with Crippen molar-refractivity contribution >= 4 is 18.7 Å². The lowest BCUT2D eigenvalue weighted by Gasteiger charge is -2.43. The molecule has 1 N–H and O–H groups in total. The van der Waals surface area contributed by atoms with Crippen molar-refractivity contribution in [2.45, 2.75) is 58.8 Å². The molecule has 3 aromatic rings. The van der Waals surface area contributed by atoms with Crippen LogP contribution >= 0.6 is 0 Å². The number of hydrogen-bond donors (Lipinski definition) is 1. The lowest BCUT2D eigenvalue weighted by atomic mass is 9.93. The third-order valence-electron chi connectivity index (χ3n) is 7.28. The molecular weight excluding hydrogens is 472 g/mol. The molecule has 0 heterocycles. The van der Waals surface area contributed by atoms with E-state index in [-0.39, 0.29) is 16.9 Å². The van der Waals surface area contributed by atoms with E-state index >= 15 is 0 Å². The zero-order valence-electron chi connectivity index (χ0n) is 23.2. The molecular formula is C33H44O3Si. The highest BCUT2D eigenvalue weighted by molar-refractivity contribution is 6.99. The van der Waals surface area contributed by atoms with Gasteiger partial charge in [-0.15, -0.1) is 0 Å². The van der Waals surface area contributed by atoms with Crippen molar-refractivity contribution < 1.29 is 14.3 Å². The van der Waals surface area contributed by atoms with Crippen molar-refractivity contribution in [1.82, 2.24) is 0 Å². The second-order valence-electron chi connectivity index (χ2n) is 11.3. The van der Waals surface area contributed by atoms with Crippen molar-refractivity contribution in [3.8, 4) is 0 Å². The number of rotatable bonds is 13. The van der Waals surface area contributed by atoms with Crippen molar-refractivity contribution in [2.24, 2.45) is 11.8 Å². The van der Waals surface area contributed by atoms with E-state index in [4.69, 9.17) is 9.16 Å². The predicted molar refractivity (Wildman–Crippen MR) is 158 cm³/mol. The Bertz CT molecular complexity index is 1040. The van der Waals surface area contributed by atoms with Gasteiger partial charge in [-0.05, 0) is 27.4 Å². The highest BCUT2D eigenvalue weighted by Gasteiger charge is 2.50. The van der Waals surface area contributed by atoms with Crippen LogP contribution in [-0.2, 0) is 15.8 Å². The molecule has 0 bridgehead atoms. The molecule has 0 saturated carbocycles. The van der Waals surface area contributed by atoms with Crippen LogP contribution in [0.3, 0.4) is 0 Å². The van der Waals surface area contributed by atoms with E-state index in [0.29, 0.717) is 26.2 Å². The predicted octanol–water partition coefficient (Wildman–Crippen LogP) is 6.36. The van der Waals surface area contributed by atoms with Crippen LogP contribution < -0.4 is 10.4 Å². The van der Waals surface area contributed by atoms with Gasteiger partial charge in [-0.1, -0.05) is 138 Å². The van der Waals surface area contributed by atoms with Gasteiger partial charge in [-0.2, -0.15) is 0 Å². The van der Waals surface area contributed by atoms with E-state index in [1.807, 2.05) is 18.2 Å².